The van der Waals surface area contributed by atoms with Gasteiger partial charge in [0.15, 0.2) is 0 Å². The first kappa shape index (κ1) is 28.6. The van der Waals surface area contributed by atoms with E-state index in [9.17, 15) is 26.4 Å². The van der Waals surface area contributed by atoms with Crippen LogP contribution in [-0.2, 0) is 21.0 Å². The van der Waals surface area contributed by atoms with Crippen LogP contribution in [0.2, 0.25) is 0 Å². The molecule has 0 radical (unpaired) electrons. The number of hydrogen-bond acceptors (Lipinski definition) is 4. The highest BCUT2D eigenvalue weighted by Gasteiger charge is 2.33. The van der Waals surface area contributed by atoms with E-state index in [1.165, 1.54) is 36.5 Å². The van der Waals surface area contributed by atoms with Crippen molar-refractivity contribution in [3.63, 3.8) is 0 Å². The average Bonchev–Trinajstić information content (AvgIpc) is 3.20. The summed E-state index contributed by atoms with van der Waals surface area (Å²) in [6.45, 7) is 5.04. The molecule has 0 aliphatic carbocycles. The van der Waals surface area contributed by atoms with Crippen molar-refractivity contribution in [3.05, 3.63) is 113 Å². The summed E-state index contributed by atoms with van der Waals surface area (Å²) in [6, 6.07) is 20.9. The maximum absolute atomic E-state index is 13.4. The lowest BCUT2D eigenvalue weighted by Crippen LogP contribution is -2.39. The van der Waals surface area contributed by atoms with E-state index in [4.69, 9.17) is 0 Å². The van der Waals surface area contributed by atoms with Crippen LogP contribution in [0.15, 0.2) is 94.9 Å². The lowest BCUT2D eigenvalue weighted by atomic mass is 10.2. The Morgan fingerprint density at radius 1 is 0.950 bits per heavy atom. The van der Waals surface area contributed by atoms with Gasteiger partial charge in [-0.15, -0.1) is 0 Å². The van der Waals surface area contributed by atoms with E-state index in [1.807, 2.05) is 55.7 Å². The second kappa shape index (κ2) is 11.4. The van der Waals surface area contributed by atoms with E-state index < -0.39 is 34.2 Å². The number of hydrazone groups is 1. The number of nitrogens with zero attached hydrogens (tertiary/aromatic N) is 3. The largest absolute Gasteiger partial charge is 0.416 e. The number of hydrogen-bond donors (Lipinski definition) is 1. The molecule has 0 fully saturated rings. The Balaban J connectivity index is 1.58. The second-order valence-electron chi connectivity index (χ2n) is 9.16. The molecule has 1 heterocycles. The Labute approximate surface area is 230 Å². The molecule has 0 unspecified atom stereocenters. The summed E-state index contributed by atoms with van der Waals surface area (Å²) in [5.74, 6) is -0.833. The Morgan fingerprint density at radius 3 is 2.27 bits per heavy atom. The van der Waals surface area contributed by atoms with Crippen LogP contribution in [0.3, 0.4) is 0 Å². The number of aromatic nitrogens is 1. The third-order valence-corrected chi connectivity index (χ3v) is 8.02. The molecule has 1 N–H and O–H groups in total. The third kappa shape index (κ3) is 6.26. The SMILES string of the molecule is Cc1ccc(-n2c(C)cc(/C=N\NC(=O)CN(c3cccc(C(F)(F)F)c3)S(=O)(=O)c3ccccc3)c2C)cc1. The van der Waals surface area contributed by atoms with Crippen LogP contribution < -0.4 is 9.73 Å². The quantitative estimate of drug-likeness (QED) is 0.217. The number of benzene rings is 3. The van der Waals surface area contributed by atoms with Crippen molar-refractivity contribution in [2.75, 3.05) is 10.8 Å². The summed E-state index contributed by atoms with van der Waals surface area (Å²) in [7, 11) is -4.38. The molecule has 0 saturated heterocycles. The van der Waals surface area contributed by atoms with Crippen LogP contribution in [0.1, 0.15) is 28.1 Å². The van der Waals surface area contributed by atoms with Gasteiger partial charge >= 0.3 is 6.18 Å². The van der Waals surface area contributed by atoms with E-state index in [2.05, 4.69) is 10.5 Å². The molecule has 0 saturated carbocycles. The lowest BCUT2D eigenvalue weighted by Gasteiger charge is -2.24. The number of carbonyl (C=O) groups excluding carboxylic acids is 1. The molecule has 0 aliphatic heterocycles. The zero-order valence-electron chi connectivity index (χ0n) is 22.0. The molecular formula is C29H27F3N4O3S. The number of halogens is 3. The van der Waals surface area contributed by atoms with Crippen LogP contribution in [0.25, 0.3) is 5.69 Å². The number of sulfonamides is 1. The molecule has 0 atom stereocenters. The fourth-order valence-corrected chi connectivity index (χ4v) is 5.66. The van der Waals surface area contributed by atoms with Crippen molar-refractivity contribution in [1.29, 1.82) is 0 Å². The third-order valence-electron chi connectivity index (χ3n) is 6.24. The first-order chi connectivity index (χ1) is 18.9. The fourth-order valence-electron chi connectivity index (χ4n) is 4.22. The minimum Gasteiger partial charge on any atom is -0.318 e. The first-order valence-electron chi connectivity index (χ1n) is 12.2. The Hall–Kier alpha value is -4.38. The summed E-state index contributed by atoms with van der Waals surface area (Å²) in [4.78, 5) is 12.7. The maximum Gasteiger partial charge on any atom is 0.416 e. The minimum absolute atomic E-state index is 0.174. The fraction of sp³-hybridized carbons (Fsp3) is 0.172. The van der Waals surface area contributed by atoms with E-state index in [-0.39, 0.29) is 10.6 Å². The molecule has 7 nitrogen and oxygen atoms in total. The smallest absolute Gasteiger partial charge is 0.318 e. The van der Waals surface area contributed by atoms with Gasteiger partial charge in [0.2, 0.25) is 0 Å². The van der Waals surface area contributed by atoms with Crippen molar-refractivity contribution in [2.24, 2.45) is 5.10 Å². The molecule has 4 rings (SSSR count). The molecule has 0 aliphatic rings. The van der Waals surface area contributed by atoms with Gasteiger partial charge in [0.1, 0.15) is 6.54 Å². The van der Waals surface area contributed by atoms with E-state index in [0.717, 1.165) is 40.3 Å². The van der Waals surface area contributed by atoms with Crippen LogP contribution in [0.4, 0.5) is 18.9 Å². The molecule has 1 aromatic heterocycles. The zero-order chi connectivity index (χ0) is 29.1. The molecule has 11 heteroatoms. The van der Waals surface area contributed by atoms with E-state index in [1.54, 1.807) is 6.07 Å². The number of alkyl halides is 3. The highest BCUT2D eigenvalue weighted by Crippen LogP contribution is 2.33. The number of amides is 1. The van der Waals surface area contributed by atoms with Crippen LogP contribution in [0.5, 0.6) is 0 Å². The van der Waals surface area contributed by atoms with Crippen LogP contribution >= 0.6 is 0 Å². The predicted molar refractivity (Wildman–Crippen MR) is 148 cm³/mol. The summed E-state index contributed by atoms with van der Waals surface area (Å²) in [5, 5.41) is 3.98. The summed E-state index contributed by atoms with van der Waals surface area (Å²) >= 11 is 0. The molecule has 1 amide bonds. The highest BCUT2D eigenvalue weighted by molar-refractivity contribution is 7.92. The molecule has 3 aromatic carbocycles. The van der Waals surface area contributed by atoms with Crippen molar-refractivity contribution in [2.45, 2.75) is 31.8 Å². The molecule has 208 valence electrons. The van der Waals surface area contributed by atoms with Gasteiger partial charge < -0.3 is 4.57 Å². The first-order valence-corrected chi connectivity index (χ1v) is 13.6. The number of anilines is 1. The highest BCUT2D eigenvalue weighted by atomic mass is 32.2. The van der Waals surface area contributed by atoms with Crippen molar-refractivity contribution in [1.82, 2.24) is 9.99 Å². The van der Waals surface area contributed by atoms with Crippen LogP contribution in [-0.4, -0.2) is 31.7 Å². The molecule has 0 spiro atoms. The lowest BCUT2D eigenvalue weighted by molar-refractivity contribution is -0.137. The van der Waals surface area contributed by atoms with Crippen molar-refractivity contribution >= 4 is 27.8 Å². The molecule has 40 heavy (non-hydrogen) atoms. The van der Waals surface area contributed by atoms with E-state index >= 15 is 0 Å². The van der Waals surface area contributed by atoms with Gasteiger partial charge in [0, 0.05) is 22.6 Å². The minimum atomic E-state index is -4.70. The Bertz CT molecular complexity index is 1650. The molecule has 4 aromatic rings. The summed E-state index contributed by atoms with van der Waals surface area (Å²) < 4.78 is 69.5. The number of rotatable bonds is 8. The summed E-state index contributed by atoms with van der Waals surface area (Å²) in [6.07, 6.45) is -3.26. The van der Waals surface area contributed by atoms with Gasteiger partial charge in [-0.2, -0.15) is 18.3 Å². The Kier molecular flexibility index (Phi) is 8.15. The van der Waals surface area contributed by atoms with Gasteiger partial charge in [-0.1, -0.05) is 42.0 Å². The second-order valence-corrected chi connectivity index (χ2v) is 11.0. The van der Waals surface area contributed by atoms with Crippen molar-refractivity contribution in [3.8, 4) is 5.69 Å². The van der Waals surface area contributed by atoms with Crippen molar-refractivity contribution < 1.29 is 26.4 Å². The maximum atomic E-state index is 13.4. The predicted octanol–water partition coefficient (Wildman–Crippen LogP) is 5.77. The standard InChI is InChI=1S/C29H27F3N4O3S/c1-20-12-14-25(15-13-20)36-21(2)16-23(22(36)3)18-33-34-28(37)19-35(40(38,39)27-10-5-4-6-11-27)26-9-7-8-24(17-26)29(30,31)32/h4-18H,19H2,1-3H3,(H,34,37)/b33-18-. The van der Waals surface area contributed by atoms with Gasteiger partial charge in [-0.3, -0.25) is 9.10 Å². The number of nitrogens with one attached hydrogen (secondary N) is 1. The van der Waals surface area contributed by atoms with Crippen LogP contribution in [0, 0.1) is 20.8 Å². The number of aryl methyl sites for hydroxylation is 2. The van der Waals surface area contributed by atoms with Gasteiger partial charge in [-0.05, 0) is 69.3 Å². The average molecular weight is 569 g/mol. The van der Waals surface area contributed by atoms with E-state index in [0.29, 0.717) is 10.4 Å². The summed E-state index contributed by atoms with van der Waals surface area (Å²) in [5.41, 5.74) is 5.58. The zero-order valence-corrected chi connectivity index (χ0v) is 22.8. The van der Waals surface area contributed by atoms with Gasteiger partial charge in [-0.25, -0.2) is 13.8 Å². The molecule has 0 bridgehead atoms. The number of carbonyl (C=O) groups is 1. The molecular weight excluding hydrogens is 541 g/mol. The monoisotopic (exact) mass is 568 g/mol. The topological polar surface area (TPSA) is 83.8 Å². The van der Waals surface area contributed by atoms with Gasteiger partial charge in [0.05, 0.1) is 22.4 Å². The normalized spacial score (nSPS) is 12.1. The Morgan fingerprint density at radius 2 is 1.62 bits per heavy atom. The van der Waals surface area contributed by atoms with Gasteiger partial charge in [0.25, 0.3) is 15.9 Å².